The highest BCUT2D eigenvalue weighted by Gasteiger charge is 2.45. The first kappa shape index (κ1) is 41.4. The van der Waals surface area contributed by atoms with E-state index >= 15 is 0 Å². The van der Waals surface area contributed by atoms with Gasteiger partial charge in [-0.25, -0.2) is 9.97 Å². The topological polar surface area (TPSA) is 165 Å². The Bertz CT molecular complexity index is 2000. The maximum absolute atomic E-state index is 14.0. The summed E-state index contributed by atoms with van der Waals surface area (Å²) in [6.07, 6.45) is 11.1. The lowest BCUT2D eigenvalue weighted by Gasteiger charge is -2.38. The van der Waals surface area contributed by atoms with Gasteiger partial charge in [0.05, 0.1) is 28.8 Å². The van der Waals surface area contributed by atoms with Gasteiger partial charge in [0.15, 0.2) is 0 Å². The number of piperidine rings is 1. The molecule has 0 spiro atoms. The second-order valence-electron chi connectivity index (χ2n) is 16.1. The van der Waals surface area contributed by atoms with Crippen molar-refractivity contribution in [3.05, 3.63) is 87.3 Å². The van der Waals surface area contributed by atoms with Crippen LogP contribution in [0.5, 0.6) is 0 Å². The standard InChI is InChI=1S/C44H54ClN7O6/c1-28-25-35(53)39-37(28)40(48-27-47-39)50-21-23-51(24-22-50)42(56)33(29-14-16-31(45)17-15-29)26-46-20-9-7-5-3-2-4-6-8-11-30-12-10-13-32-38(30)44(58)52(43(32)57)34-18-19-36(54)49-41(34)55/h10,12-17,27-28,33-35,46,53H,2-9,11,18-26H2,1H3,(H,49,54,55)/t28-,33-,34?,35?/m1/s1. The first-order valence-electron chi connectivity index (χ1n) is 21.0. The largest absolute Gasteiger partial charge is 0.387 e. The highest BCUT2D eigenvalue weighted by atomic mass is 35.5. The third-order valence-corrected chi connectivity index (χ3v) is 12.4. The Morgan fingerprint density at radius 1 is 0.914 bits per heavy atom. The molecular weight excluding hydrogens is 758 g/mol. The van der Waals surface area contributed by atoms with Crippen molar-refractivity contribution in [2.24, 2.45) is 0 Å². The zero-order chi connectivity index (χ0) is 40.8. The molecule has 2 saturated heterocycles. The summed E-state index contributed by atoms with van der Waals surface area (Å²) in [4.78, 5) is 78.7. The van der Waals surface area contributed by atoms with Crippen molar-refractivity contribution in [3.63, 3.8) is 0 Å². The van der Waals surface area contributed by atoms with E-state index in [4.69, 9.17) is 11.6 Å². The van der Waals surface area contributed by atoms with Crippen LogP contribution >= 0.6 is 11.6 Å². The van der Waals surface area contributed by atoms with Crippen LogP contribution in [0.25, 0.3) is 0 Å². The molecule has 2 fully saturated rings. The predicted octanol–water partition coefficient (Wildman–Crippen LogP) is 5.46. The van der Waals surface area contributed by atoms with Crippen LogP contribution in [0, 0.1) is 0 Å². The Kier molecular flexibility index (Phi) is 13.5. The van der Waals surface area contributed by atoms with Gasteiger partial charge in [-0.2, -0.15) is 0 Å². The molecule has 0 bridgehead atoms. The van der Waals surface area contributed by atoms with Gasteiger partial charge in [0.25, 0.3) is 11.8 Å². The SMILES string of the molecule is C[C@@H]1CC(O)c2ncnc(N3CCN(C(=O)[C@H](CNCCCCCCCCCCc4cccc5c4C(=O)N(C4CCC(=O)NC4=O)C5=O)c4ccc(Cl)cc4)CC3)c21. The van der Waals surface area contributed by atoms with Crippen LogP contribution < -0.4 is 15.5 Å². The number of hydrogen-bond donors (Lipinski definition) is 3. The van der Waals surface area contributed by atoms with Gasteiger partial charge >= 0.3 is 0 Å². The number of piperazine rings is 1. The maximum atomic E-state index is 14.0. The summed E-state index contributed by atoms with van der Waals surface area (Å²) < 4.78 is 0. The van der Waals surface area contributed by atoms with E-state index in [1.165, 1.54) is 6.33 Å². The van der Waals surface area contributed by atoms with Crippen molar-refractivity contribution < 1.29 is 29.1 Å². The number of carbonyl (C=O) groups excluding carboxylic acids is 5. The van der Waals surface area contributed by atoms with Gasteiger partial charge in [-0.05, 0) is 73.9 Å². The monoisotopic (exact) mass is 811 g/mol. The Hall–Kier alpha value is -4.72. The minimum Gasteiger partial charge on any atom is -0.387 e. The van der Waals surface area contributed by atoms with Crippen LogP contribution in [-0.4, -0.2) is 99.7 Å². The molecule has 3 aromatic rings. The van der Waals surface area contributed by atoms with E-state index in [0.717, 1.165) is 91.0 Å². The van der Waals surface area contributed by atoms with Crippen molar-refractivity contribution in [1.82, 2.24) is 30.4 Å². The Morgan fingerprint density at radius 3 is 2.34 bits per heavy atom. The zero-order valence-corrected chi connectivity index (χ0v) is 34.0. The molecule has 13 nitrogen and oxygen atoms in total. The molecule has 2 unspecified atom stereocenters. The van der Waals surface area contributed by atoms with Gasteiger partial charge in [0.1, 0.15) is 18.2 Å². The summed E-state index contributed by atoms with van der Waals surface area (Å²) in [5, 5.41) is 16.9. The number of amides is 5. The van der Waals surface area contributed by atoms with E-state index in [-0.39, 0.29) is 36.5 Å². The number of unbranched alkanes of at least 4 members (excludes halogenated alkanes) is 7. The lowest BCUT2D eigenvalue weighted by atomic mass is 9.96. The molecule has 4 heterocycles. The summed E-state index contributed by atoms with van der Waals surface area (Å²) in [6, 6.07) is 12.0. The highest BCUT2D eigenvalue weighted by Crippen LogP contribution is 2.43. The number of aryl methyl sites for hydroxylation is 1. The minimum atomic E-state index is -0.957. The quantitative estimate of drug-likeness (QED) is 0.118. The highest BCUT2D eigenvalue weighted by molar-refractivity contribution is 6.30. The van der Waals surface area contributed by atoms with Crippen LogP contribution in [0.4, 0.5) is 5.82 Å². The van der Waals surface area contributed by atoms with E-state index in [1.807, 2.05) is 35.2 Å². The normalized spacial score (nSPS) is 21.0. The fourth-order valence-electron chi connectivity index (χ4n) is 9.02. The average molecular weight is 812 g/mol. The smallest absolute Gasteiger partial charge is 0.262 e. The number of aliphatic hydroxyl groups excluding tert-OH is 1. The average Bonchev–Trinajstić information content (AvgIpc) is 3.66. The third kappa shape index (κ3) is 9.11. The number of hydrogen-bond acceptors (Lipinski definition) is 10. The number of nitrogens with zero attached hydrogens (tertiary/aromatic N) is 5. The number of carbonyl (C=O) groups is 5. The fourth-order valence-corrected chi connectivity index (χ4v) is 9.15. The van der Waals surface area contributed by atoms with E-state index in [2.05, 4.69) is 32.4 Å². The van der Waals surface area contributed by atoms with Crippen LogP contribution in [0.3, 0.4) is 0 Å². The minimum absolute atomic E-state index is 0.100. The van der Waals surface area contributed by atoms with Gasteiger partial charge in [-0.1, -0.05) is 81.3 Å². The van der Waals surface area contributed by atoms with E-state index in [9.17, 15) is 29.1 Å². The summed E-state index contributed by atoms with van der Waals surface area (Å²) in [6.45, 7) is 6.02. The van der Waals surface area contributed by atoms with Gasteiger partial charge in [-0.3, -0.25) is 34.2 Å². The molecule has 1 aromatic heterocycles. The van der Waals surface area contributed by atoms with Crippen LogP contribution in [-0.2, 0) is 20.8 Å². The molecule has 7 rings (SSSR count). The van der Waals surface area contributed by atoms with Crippen LogP contribution in [0.1, 0.15) is 139 Å². The van der Waals surface area contributed by atoms with Crippen molar-refractivity contribution in [2.45, 2.75) is 108 Å². The molecular formula is C44H54ClN7O6. The molecule has 0 saturated carbocycles. The Balaban J connectivity index is 0.800. The van der Waals surface area contributed by atoms with Crippen molar-refractivity contribution in [2.75, 3.05) is 44.2 Å². The first-order valence-corrected chi connectivity index (χ1v) is 21.4. The van der Waals surface area contributed by atoms with Gasteiger partial charge < -0.3 is 20.2 Å². The molecule has 5 amide bonds. The zero-order valence-electron chi connectivity index (χ0n) is 33.3. The van der Waals surface area contributed by atoms with Gasteiger partial charge in [0, 0.05) is 49.7 Å². The number of rotatable bonds is 17. The molecule has 4 aliphatic rings. The van der Waals surface area contributed by atoms with Gasteiger partial charge in [0.2, 0.25) is 17.7 Å². The number of aliphatic hydroxyl groups is 1. The van der Waals surface area contributed by atoms with Crippen LogP contribution in [0.15, 0.2) is 48.8 Å². The lowest BCUT2D eigenvalue weighted by molar-refractivity contribution is -0.136. The predicted molar refractivity (Wildman–Crippen MR) is 220 cm³/mol. The molecule has 2 aromatic carbocycles. The number of aromatic nitrogens is 2. The second kappa shape index (κ2) is 18.9. The molecule has 3 N–H and O–H groups in total. The molecule has 58 heavy (non-hydrogen) atoms. The molecule has 1 aliphatic carbocycles. The third-order valence-electron chi connectivity index (χ3n) is 12.2. The molecule has 308 valence electrons. The number of fused-ring (bicyclic) bond motifs is 2. The summed E-state index contributed by atoms with van der Waals surface area (Å²) in [5.74, 6) is -1.03. The number of halogens is 1. The summed E-state index contributed by atoms with van der Waals surface area (Å²) >= 11 is 6.20. The Morgan fingerprint density at radius 2 is 1.62 bits per heavy atom. The van der Waals surface area contributed by atoms with Crippen LogP contribution in [0.2, 0.25) is 5.02 Å². The number of nitrogens with one attached hydrogen (secondary N) is 2. The maximum Gasteiger partial charge on any atom is 0.262 e. The van der Waals surface area contributed by atoms with Crippen molar-refractivity contribution >= 4 is 47.0 Å². The number of benzene rings is 2. The molecule has 4 atom stereocenters. The number of anilines is 1. The number of imide groups is 2. The fraction of sp³-hybridized carbons (Fsp3) is 0.523. The Labute approximate surface area is 344 Å². The summed E-state index contributed by atoms with van der Waals surface area (Å²) in [5.41, 5.74) is 4.28. The first-order chi connectivity index (χ1) is 28.1. The van der Waals surface area contributed by atoms with Crippen molar-refractivity contribution in [3.8, 4) is 0 Å². The van der Waals surface area contributed by atoms with E-state index < -0.39 is 29.9 Å². The van der Waals surface area contributed by atoms with Crippen molar-refractivity contribution in [1.29, 1.82) is 0 Å². The van der Waals surface area contributed by atoms with E-state index in [1.54, 1.807) is 12.1 Å². The van der Waals surface area contributed by atoms with Gasteiger partial charge in [-0.15, -0.1) is 0 Å². The summed E-state index contributed by atoms with van der Waals surface area (Å²) in [7, 11) is 0. The van der Waals surface area contributed by atoms with E-state index in [0.29, 0.717) is 61.7 Å². The lowest BCUT2D eigenvalue weighted by Crippen LogP contribution is -2.54. The molecule has 14 heteroatoms. The second-order valence-corrected chi connectivity index (χ2v) is 16.6. The molecule has 0 radical (unpaired) electrons. The molecule has 3 aliphatic heterocycles.